The van der Waals surface area contributed by atoms with Crippen LogP contribution in [0.2, 0.25) is 0 Å². The summed E-state index contributed by atoms with van der Waals surface area (Å²) in [6.07, 6.45) is 5.93. The van der Waals surface area contributed by atoms with Gasteiger partial charge in [0, 0.05) is 16.3 Å². The lowest BCUT2D eigenvalue weighted by molar-refractivity contribution is 0.119. The molecule has 0 spiro atoms. The second-order valence-corrected chi connectivity index (χ2v) is 5.72. The van der Waals surface area contributed by atoms with Crippen LogP contribution in [0, 0.1) is 5.92 Å². The highest BCUT2D eigenvalue weighted by molar-refractivity contribution is 9.10. The van der Waals surface area contributed by atoms with E-state index >= 15 is 0 Å². The molecule has 2 rings (SSSR count). The van der Waals surface area contributed by atoms with Gasteiger partial charge in [-0.25, -0.2) is 0 Å². The van der Waals surface area contributed by atoms with Crippen LogP contribution in [0.3, 0.4) is 0 Å². The van der Waals surface area contributed by atoms with Crippen molar-refractivity contribution in [1.82, 2.24) is 0 Å². The second-order valence-electron chi connectivity index (χ2n) is 4.81. The third-order valence-electron chi connectivity index (χ3n) is 3.46. The van der Waals surface area contributed by atoms with E-state index in [1.165, 1.54) is 12.8 Å². The Bertz CT molecular complexity index is 428. The topological polar surface area (TPSA) is 52.8 Å². The summed E-state index contributed by atoms with van der Waals surface area (Å²) < 4.78 is 0.901. The van der Waals surface area contributed by atoms with Gasteiger partial charge in [0.05, 0.1) is 12.6 Å². The van der Waals surface area contributed by atoms with Gasteiger partial charge in [0.2, 0.25) is 0 Å². The predicted octanol–water partition coefficient (Wildman–Crippen LogP) is 3.12. The Morgan fingerprint density at radius 1 is 1.39 bits per heavy atom. The maximum Gasteiger partial charge on any atom is 0.124 e. The molecule has 1 saturated carbocycles. The molecule has 1 aliphatic carbocycles. The largest absolute Gasteiger partial charge is 0.507 e. The van der Waals surface area contributed by atoms with Crippen molar-refractivity contribution in [3.05, 3.63) is 28.2 Å². The van der Waals surface area contributed by atoms with E-state index < -0.39 is 0 Å². The number of nitrogens with zero attached hydrogens (tertiary/aromatic N) is 1. The number of aliphatic hydroxyl groups excluding tert-OH is 1. The fourth-order valence-corrected chi connectivity index (χ4v) is 2.76. The van der Waals surface area contributed by atoms with Gasteiger partial charge in [0.15, 0.2) is 0 Å². The molecule has 0 heterocycles. The van der Waals surface area contributed by atoms with Crippen molar-refractivity contribution in [2.45, 2.75) is 31.8 Å². The molecule has 0 bridgehead atoms. The minimum Gasteiger partial charge on any atom is -0.507 e. The van der Waals surface area contributed by atoms with Gasteiger partial charge in [-0.05, 0) is 37.0 Å². The smallest absolute Gasteiger partial charge is 0.124 e. The van der Waals surface area contributed by atoms with Gasteiger partial charge < -0.3 is 10.2 Å². The van der Waals surface area contributed by atoms with Gasteiger partial charge in [-0.2, -0.15) is 0 Å². The van der Waals surface area contributed by atoms with Gasteiger partial charge in [-0.1, -0.05) is 28.8 Å². The van der Waals surface area contributed by atoms with Crippen molar-refractivity contribution < 1.29 is 10.2 Å². The van der Waals surface area contributed by atoms with Gasteiger partial charge in [-0.15, -0.1) is 0 Å². The summed E-state index contributed by atoms with van der Waals surface area (Å²) in [5.74, 6) is 0.607. The Morgan fingerprint density at radius 3 is 2.83 bits per heavy atom. The van der Waals surface area contributed by atoms with Crippen LogP contribution in [0.15, 0.2) is 27.7 Å². The first kappa shape index (κ1) is 13.6. The van der Waals surface area contributed by atoms with Crippen LogP contribution in [0.5, 0.6) is 5.75 Å². The van der Waals surface area contributed by atoms with Crippen LogP contribution in [-0.2, 0) is 0 Å². The Labute approximate surface area is 116 Å². The number of hydrogen-bond donors (Lipinski definition) is 2. The molecule has 2 N–H and O–H groups in total. The number of rotatable bonds is 4. The van der Waals surface area contributed by atoms with Crippen molar-refractivity contribution in [3.8, 4) is 5.75 Å². The molecule has 18 heavy (non-hydrogen) atoms. The number of hydrogen-bond acceptors (Lipinski definition) is 3. The van der Waals surface area contributed by atoms with Crippen LogP contribution in [0.4, 0.5) is 0 Å². The van der Waals surface area contributed by atoms with Gasteiger partial charge in [-0.3, -0.25) is 4.99 Å². The lowest BCUT2D eigenvalue weighted by Gasteiger charge is -2.14. The molecule has 1 fully saturated rings. The van der Waals surface area contributed by atoms with Crippen LogP contribution >= 0.6 is 15.9 Å². The Hall–Kier alpha value is -0.870. The molecule has 1 unspecified atom stereocenters. The zero-order valence-electron chi connectivity index (χ0n) is 10.2. The van der Waals surface area contributed by atoms with E-state index in [-0.39, 0.29) is 11.9 Å². The fraction of sp³-hybridized carbons (Fsp3) is 0.500. The highest BCUT2D eigenvalue weighted by Crippen LogP contribution is 2.27. The summed E-state index contributed by atoms with van der Waals surface area (Å²) >= 11 is 3.35. The van der Waals surface area contributed by atoms with E-state index in [0.717, 1.165) is 17.3 Å². The quantitative estimate of drug-likeness (QED) is 0.839. The fourth-order valence-electron chi connectivity index (χ4n) is 2.38. The van der Waals surface area contributed by atoms with Crippen molar-refractivity contribution in [2.24, 2.45) is 10.9 Å². The molecule has 1 atom stereocenters. The normalized spacial score (nSPS) is 18.6. The summed E-state index contributed by atoms with van der Waals surface area (Å²) in [4.78, 5) is 4.23. The molecular weight excluding hydrogens is 294 g/mol. The zero-order valence-corrected chi connectivity index (χ0v) is 11.8. The van der Waals surface area contributed by atoms with Crippen LogP contribution in [0.25, 0.3) is 0 Å². The third kappa shape index (κ3) is 3.56. The van der Waals surface area contributed by atoms with Crippen molar-refractivity contribution in [1.29, 1.82) is 0 Å². The third-order valence-corrected chi connectivity index (χ3v) is 3.95. The summed E-state index contributed by atoms with van der Waals surface area (Å²) in [6, 6.07) is 5.21. The van der Waals surface area contributed by atoms with Crippen LogP contribution in [0.1, 0.15) is 31.2 Å². The Morgan fingerprint density at radius 2 is 2.11 bits per heavy atom. The van der Waals surface area contributed by atoms with Gasteiger partial charge >= 0.3 is 0 Å². The van der Waals surface area contributed by atoms with E-state index in [1.807, 2.05) is 0 Å². The molecule has 98 valence electrons. The summed E-state index contributed by atoms with van der Waals surface area (Å²) in [5.41, 5.74) is 0.669. The first-order chi connectivity index (χ1) is 8.66. The number of halogens is 1. The number of phenols is 1. The SMILES string of the molecule is Oc1ccc(Br)cc1C=NCC(O)C1CCCC1. The van der Waals surface area contributed by atoms with Crippen molar-refractivity contribution in [2.75, 3.05) is 6.54 Å². The molecule has 0 aromatic heterocycles. The maximum absolute atomic E-state index is 9.97. The highest BCUT2D eigenvalue weighted by Gasteiger charge is 2.22. The first-order valence-electron chi connectivity index (χ1n) is 6.33. The van der Waals surface area contributed by atoms with E-state index in [2.05, 4.69) is 20.9 Å². The minimum absolute atomic E-state index is 0.206. The summed E-state index contributed by atoms with van der Waals surface area (Å²) in [7, 11) is 0. The van der Waals surface area contributed by atoms with E-state index in [4.69, 9.17) is 0 Å². The van der Waals surface area contributed by atoms with E-state index in [9.17, 15) is 10.2 Å². The van der Waals surface area contributed by atoms with E-state index in [1.54, 1.807) is 24.4 Å². The molecule has 0 radical (unpaired) electrons. The predicted molar refractivity (Wildman–Crippen MR) is 76.2 cm³/mol. The maximum atomic E-state index is 9.97. The Balaban J connectivity index is 1.92. The standard InChI is InChI=1S/C14H18BrNO2/c15-12-5-6-13(17)11(7-12)8-16-9-14(18)10-3-1-2-4-10/h5-8,10,14,17-18H,1-4,9H2. The number of aliphatic imine (C=N–C) groups is 1. The number of benzene rings is 1. The molecule has 0 aliphatic heterocycles. The molecular formula is C14H18BrNO2. The van der Waals surface area contributed by atoms with Crippen molar-refractivity contribution >= 4 is 22.1 Å². The Kier molecular flexibility index (Phi) is 4.78. The number of aromatic hydroxyl groups is 1. The lowest BCUT2D eigenvalue weighted by atomic mass is 10.0. The zero-order chi connectivity index (χ0) is 13.0. The molecule has 0 amide bonds. The monoisotopic (exact) mass is 311 g/mol. The minimum atomic E-state index is -0.349. The van der Waals surface area contributed by atoms with E-state index in [0.29, 0.717) is 18.0 Å². The van der Waals surface area contributed by atoms with Crippen LogP contribution < -0.4 is 0 Å². The number of aliphatic hydroxyl groups is 1. The molecule has 1 aromatic carbocycles. The number of phenolic OH excluding ortho intramolecular Hbond substituents is 1. The summed E-state index contributed by atoms with van der Waals surface area (Å²) in [6.45, 7) is 0.413. The van der Waals surface area contributed by atoms with Crippen LogP contribution in [-0.4, -0.2) is 29.1 Å². The molecule has 4 heteroatoms. The highest BCUT2D eigenvalue weighted by atomic mass is 79.9. The summed E-state index contributed by atoms with van der Waals surface area (Å²) in [5, 5.41) is 19.6. The lowest BCUT2D eigenvalue weighted by Crippen LogP contribution is -2.20. The molecule has 1 aliphatic rings. The van der Waals surface area contributed by atoms with Crippen molar-refractivity contribution in [3.63, 3.8) is 0 Å². The molecule has 3 nitrogen and oxygen atoms in total. The average molecular weight is 312 g/mol. The van der Waals surface area contributed by atoms with Gasteiger partial charge in [0.25, 0.3) is 0 Å². The van der Waals surface area contributed by atoms with Gasteiger partial charge in [0.1, 0.15) is 5.75 Å². The first-order valence-corrected chi connectivity index (χ1v) is 7.12. The molecule has 0 saturated heterocycles. The second kappa shape index (κ2) is 6.34. The molecule has 1 aromatic rings. The average Bonchev–Trinajstić information content (AvgIpc) is 2.87.